The first-order chi connectivity index (χ1) is 14.6. The summed E-state index contributed by atoms with van der Waals surface area (Å²) in [6, 6.07) is 18.5. The second-order valence-electron chi connectivity index (χ2n) is 6.45. The van der Waals surface area contributed by atoms with Crippen molar-refractivity contribution in [1.29, 1.82) is 0 Å². The molecule has 0 unspecified atom stereocenters. The third kappa shape index (κ3) is 3.65. The number of anilines is 1. The van der Waals surface area contributed by atoms with E-state index in [-0.39, 0.29) is 24.5 Å². The van der Waals surface area contributed by atoms with Gasteiger partial charge in [0.25, 0.3) is 11.8 Å². The van der Waals surface area contributed by atoms with Gasteiger partial charge in [-0.05, 0) is 48.5 Å². The Morgan fingerprint density at radius 3 is 2.03 bits per heavy atom. The normalized spacial score (nSPS) is 12.6. The van der Waals surface area contributed by atoms with E-state index in [4.69, 9.17) is 9.47 Å². The van der Waals surface area contributed by atoms with E-state index in [2.05, 4.69) is 0 Å². The standard InChI is InChI=1S/C23H16FNO5/c24-19-7-3-4-8-20(19)29-13-14-30-23(28)15-9-11-16(12-10-15)25-21(26)17-5-1-2-6-18(17)22(25)27/h1-12H,13-14H2. The van der Waals surface area contributed by atoms with Crippen LogP contribution in [0.4, 0.5) is 10.1 Å². The summed E-state index contributed by atoms with van der Waals surface area (Å²) in [5.41, 5.74) is 1.31. The Labute approximate surface area is 171 Å². The fourth-order valence-electron chi connectivity index (χ4n) is 3.10. The van der Waals surface area contributed by atoms with Crippen molar-refractivity contribution in [3.05, 3.63) is 95.3 Å². The number of benzene rings is 3. The maximum absolute atomic E-state index is 13.5. The van der Waals surface area contributed by atoms with Crippen molar-refractivity contribution in [2.75, 3.05) is 18.1 Å². The van der Waals surface area contributed by atoms with Crippen LogP contribution in [0.3, 0.4) is 0 Å². The molecule has 0 spiro atoms. The number of carbonyl (C=O) groups is 3. The Kier molecular flexibility index (Phi) is 5.26. The zero-order valence-corrected chi connectivity index (χ0v) is 15.7. The van der Waals surface area contributed by atoms with Gasteiger partial charge in [-0.1, -0.05) is 24.3 Å². The van der Waals surface area contributed by atoms with Crippen LogP contribution in [0.1, 0.15) is 31.1 Å². The van der Waals surface area contributed by atoms with Crippen molar-refractivity contribution in [3.8, 4) is 5.75 Å². The van der Waals surface area contributed by atoms with Crippen LogP contribution >= 0.6 is 0 Å². The monoisotopic (exact) mass is 405 g/mol. The van der Waals surface area contributed by atoms with E-state index in [1.165, 1.54) is 36.4 Å². The van der Waals surface area contributed by atoms with Crippen molar-refractivity contribution >= 4 is 23.5 Å². The molecule has 0 fully saturated rings. The maximum Gasteiger partial charge on any atom is 0.338 e. The van der Waals surface area contributed by atoms with E-state index in [0.29, 0.717) is 16.8 Å². The number of hydrogen-bond donors (Lipinski definition) is 0. The highest BCUT2D eigenvalue weighted by atomic mass is 19.1. The van der Waals surface area contributed by atoms with Gasteiger partial charge < -0.3 is 9.47 Å². The van der Waals surface area contributed by atoms with Crippen molar-refractivity contribution in [2.24, 2.45) is 0 Å². The Morgan fingerprint density at radius 1 is 0.800 bits per heavy atom. The number of fused-ring (bicyclic) bond motifs is 1. The van der Waals surface area contributed by atoms with Gasteiger partial charge in [0.2, 0.25) is 0 Å². The Hall–Kier alpha value is -4.00. The molecule has 0 aromatic heterocycles. The van der Waals surface area contributed by atoms with Gasteiger partial charge in [0, 0.05) is 0 Å². The summed E-state index contributed by atoms with van der Waals surface area (Å²) < 4.78 is 23.8. The molecule has 0 atom stereocenters. The first kappa shape index (κ1) is 19.3. The smallest absolute Gasteiger partial charge is 0.338 e. The number of para-hydroxylation sites is 1. The highest BCUT2D eigenvalue weighted by Crippen LogP contribution is 2.28. The number of halogens is 1. The molecule has 1 aliphatic rings. The minimum absolute atomic E-state index is 0.000201. The molecule has 6 nitrogen and oxygen atoms in total. The number of ether oxygens (including phenoxy) is 2. The molecular formula is C23H16FNO5. The molecule has 0 saturated carbocycles. The predicted molar refractivity (Wildman–Crippen MR) is 106 cm³/mol. The second kappa shape index (κ2) is 8.16. The van der Waals surface area contributed by atoms with Gasteiger partial charge in [0.05, 0.1) is 22.4 Å². The molecule has 3 aromatic rings. The minimum Gasteiger partial charge on any atom is -0.487 e. The van der Waals surface area contributed by atoms with E-state index in [9.17, 15) is 18.8 Å². The number of esters is 1. The van der Waals surface area contributed by atoms with Gasteiger partial charge in [0.1, 0.15) is 13.2 Å². The minimum atomic E-state index is -0.596. The summed E-state index contributed by atoms with van der Waals surface area (Å²) in [5, 5.41) is 0. The zero-order valence-electron chi connectivity index (χ0n) is 15.7. The fourth-order valence-corrected chi connectivity index (χ4v) is 3.10. The SMILES string of the molecule is O=C(OCCOc1ccccc1F)c1ccc(N2C(=O)c3ccccc3C2=O)cc1. The Morgan fingerprint density at radius 2 is 1.40 bits per heavy atom. The van der Waals surface area contributed by atoms with Crippen molar-refractivity contribution < 1.29 is 28.2 Å². The molecule has 30 heavy (non-hydrogen) atoms. The predicted octanol–water partition coefficient (Wildman–Crippen LogP) is 3.86. The molecule has 0 radical (unpaired) electrons. The van der Waals surface area contributed by atoms with Crippen LogP contribution in [-0.4, -0.2) is 31.0 Å². The summed E-state index contributed by atoms with van der Waals surface area (Å²) in [5.74, 6) is -1.82. The van der Waals surface area contributed by atoms with E-state index in [1.54, 1.807) is 36.4 Å². The van der Waals surface area contributed by atoms with E-state index < -0.39 is 23.6 Å². The van der Waals surface area contributed by atoms with Crippen LogP contribution in [0.2, 0.25) is 0 Å². The van der Waals surface area contributed by atoms with E-state index >= 15 is 0 Å². The lowest BCUT2D eigenvalue weighted by atomic mass is 10.1. The molecule has 7 heteroatoms. The third-order valence-electron chi connectivity index (χ3n) is 4.57. The van der Waals surface area contributed by atoms with Crippen molar-refractivity contribution in [1.82, 2.24) is 0 Å². The first-order valence-corrected chi connectivity index (χ1v) is 9.18. The van der Waals surface area contributed by atoms with Crippen LogP contribution < -0.4 is 9.64 Å². The zero-order chi connectivity index (χ0) is 21.1. The molecular weight excluding hydrogens is 389 g/mol. The quantitative estimate of drug-likeness (QED) is 0.354. The molecule has 0 N–H and O–H groups in total. The molecule has 4 rings (SSSR count). The van der Waals surface area contributed by atoms with E-state index in [0.717, 1.165) is 4.90 Å². The second-order valence-corrected chi connectivity index (χ2v) is 6.45. The lowest BCUT2D eigenvalue weighted by Crippen LogP contribution is -2.29. The van der Waals surface area contributed by atoms with Gasteiger partial charge in [-0.3, -0.25) is 9.59 Å². The molecule has 150 valence electrons. The topological polar surface area (TPSA) is 72.9 Å². The number of hydrogen-bond acceptors (Lipinski definition) is 5. The van der Waals surface area contributed by atoms with Gasteiger partial charge in [-0.25, -0.2) is 14.1 Å². The average Bonchev–Trinajstić information content (AvgIpc) is 3.03. The van der Waals surface area contributed by atoms with Crippen LogP contribution in [0, 0.1) is 5.82 Å². The molecule has 1 aliphatic heterocycles. The molecule has 3 aromatic carbocycles. The summed E-state index contributed by atoms with van der Waals surface area (Å²) >= 11 is 0. The van der Waals surface area contributed by atoms with Gasteiger partial charge >= 0.3 is 5.97 Å². The van der Waals surface area contributed by atoms with Crippen LogP contribution in [0.15, 0.2) is 72.8 Å². The lowest BCUT2D eigenvalue weighted by Gasteiger charge is -2.14. The summed E-state index contributed by atoms with van der Waals surface area (Å²) in [6.07, 6.45) is 0. The summed E-state index contributed by atoms with van der Waals surface area (Å²) in [6.45, 7) is -0.0624. The fraction of sp³-hybridized carbons (Fsp3) is 0.0870. The molecule has 1 heterocycles. The molecule has 0 saturated heterocycles. The number of nitrogens with zero attached hydrogens (tertiary/aromatic N) is 1. The summed E-state index contributed by atoms with van der Waals surface area (Å²) in [7, 11) is 0. The highest BCUT2D eigenvalue weighted by molar-refractivity contribution is 6.34. The van der Waals surface area contributed by atoms with Crippen LogP contribution in [0.25, 0.3) is 0 Å². The average molecular weight is 405 g/mol. The van der Waals surface area contributed by atoms with Crippen LogP contribution in [0.5, 0.6) is 5.75 Å². The Balaban J connectivity index is 1.36. The Bertz CT molecular complexity index is 1090. The maximum atomic E-state index is 13.5. The third-order valence-corrected chi connectivity index (χ3v) is 4.57. The number of imide groups is 1. The van der Waals surface area contributed by atoms with Crippen molar-refractivity contribution in [2.45, 2.75) is 0 Å². The number of amides is 2. The number of carbonyl (C=O) groups excluding carboxylic acids is 3. The first-order valence-electron chi connectivity index (χ1n) is 9.18. The lowest BCUT2D eigenvalue weighted by molar-refractivity contribution is 0.0448. The van der Waals surface area contributed by atoms with Gasteiger partial charge in [-0.15, -0.1) is 0 Å². The molecule has 0 aliphatic carbocycles. The van der Waals surface area contributed by atoms with Gasteiger partial charge in [0.15, 0.2) is 11.6 Å². The molecule has 0 bridgehead atoms. The van der Waals surface area contributed by atoms with Crippen molar-refractivity contribution in [3.63, 3.8) is 0 Å². The highest BCUT2D eigenvalue weighted by Gasteiger charge is 2.36. The van der Waals surface area contributed by atoms with E-state index in [1.807, 2.05) is 0 Å². The summed E-state index contributed by atoms with van der Waals surface area (Å²) in [4.78, 5) is 38.3. The number of rotatable bonds is 6. The van der Waals surface area contributed by atoms with Crippen LogP contribution in [-0.2, 0) is 4.74 Å². The molecule has 2 amide bonds. The largest absolute Gasteiger partial charge is 0.487 e. The van der Waals surface area contributed by atoms with Gasteiger partial charge in [-0.2, -0.15) is 0 Å².